The average molecular weight is 336 g/mol. The zero-order chi connectivity index (χ0) is 15.6. The first-order chi connectivity index (χ1) is 10.5. The van der Waals surface area contributed by atoms with Gasteiger partial charge < -0.3 is 5.32 Å². The summed E-state index contributed by atoms with van der Waals surface area (Å²) in [5, 5.41) is 5.31. The Labute approximate surface area is 133 Å². The first-order valence-electron chi connectivity index (χ1n) is 7.03. The summed E-state index contributed by atoms with van der Waals surface area (Å²) in [4.78, 5) is 16.4. The minimum atomic E-state index is -2.90. The second-order valence-electron chi connectivity index (χ2n) is 5.38. The molecule has 0 radical (unpaired) electrons. The Hall–Kier alpha value is -1.73. The molecular weight excluding hydrogens is 320 g/mol. The third-order valence-electron chi connectivity index (χ3n) is 3.64. The van der Waals surface area contributed by atoms with Crippen molar-refractivity contribution in [2.45, 2.75) is 6.42 Å². The Bertz CT molecular complexity index is 769. The van der Waals surface area contributed by atoms with Gasteiger partial charge in [0.25, 0.3) is 5.91 Å². The third-order valence-corrected chi connectivity index (χ3v) is 6.36. The summed E-state index contributed by atoms with van der Waals surface area (Å²) in [5.74, 6) is 0.158. The number of thiazole rings is 1. The van der Waals surface area contributed by atoms with Gasteiger partial charge in [-0.05, 0) is 12.3 Å². The molecule has 0 unspecified atom stereocenters. The molecule has 22 heavy (non-hydrogen) atoms. The highest BCUT2D eigenvalue weighted by atomic mass is 32.2. The van der Waals surface area contributed by atoms with E-state index in [9.17, 15) is 13.2 Å². The van der Waals surface area contributed by atoms with Crippen LogP contribution in [0.2, 0.25) is 0 Å². The largest absolute Gasteiger partial charge is 0.350 e. The maximum absolute atomic E-state index is 12.1. The molecule has 5 nitrogen and oxygen atoms in total. The standard InChI is InChI=1S/C15H16N2O3S2/c18-14(16-8-11-6-7-22(19,20)10-11)13-9-21-15(17-13)12-4-2-1-3-5-12/h1-5,9,11H,6-8,10H2,(H,16,18)/t11-/m1/s1. The van der Waals surface area contributed by atoms with Crippen LogP contribution in [0.15, 0.2) is 35.7 Å². The van der Waals surface area contributed by atoms with Gasteiger partial charge in [0.1, 0.15) is 10.7 Å². The van der Waals surface area contributed by atoms with Crippen molar-refractivity contribution in [2.24, 2.45) is 5.92 Å². The van der Waals surface area contributed by atoms with Crippen LogP contribution in [-0.4, -0.2) is 37.4 Å². The highest BCUT2D eigenvalue weighted by Gasteiger charge is 2.28. The SMILES string of the molecule is O=C(NC[C@H]1CCS(=O)(=O)C1)c1csc(-c2ccccc2)n1. The molecule has 0 bridgehead atoms. The normalized spacial score (nSPS) is 19.9. The van der Waals surface area contributed by atoms with Crippen LogP contribution in [0.1, 0.15) is 16.9 Å². The van der Waals surface area contributed by atoms with Crippen molar-refractivity contribution >= 4 is 27.1 Å². The highest BCUT2D eigenvalue weighted by molar-refractivity contribution is 7.91. The van der Waals surface area contributed by atoms with E-state index in [0.717, 1.165) is 10.6 Å². The zero-order valence-corrected chi connectivity index (χ0v) is 13.5. The number of aromatic nitrogens is 1. The first kappa shape index (κ1) is 15.2. The van der Waals surface area contributed by atoms with Gasteiger partial charge >= 0.3 is 0 Å². The molecular formula is C15H16N2O3S2. The molecule has 1 atom stereocenters. The van der Waals surface area contributed by atoms with Crippen molar-refractivity contribution in [3.8, 4) is 10.6 Å². The summed E-state index contributed by atoms with van der Waals surface area (Å²) in [6.45, 7) is 0.385. The summed E-state index contributed by atoms with van der Waals surface area (Å²) >= 11 is 1.42. The van der Waals surface area contributed by atoms with Crippen LogP contribution in [-0.2, 0) is 9.84 Å². The number of carbonyl (C=O) groups is 1. The van der Waals surface area contributed by atoms with Gasteiger partial charge in [-0.25, -0.2) is 13.4 Å². The van der Waals surface area contributed by atoms with Gasteiger partial charge in [-0.3, -0.25) is 4.79 Å². The molecule has 1 saturated heterocycles. The fraction of sp³-hybridized carbons (Fsp3) is 0.333. The predicted molar refractivity (Wildman–Crippen MR) is 86.6 cm³/mol. The predicted octanol–water partition coefficient (Wildman–Crippen LogP) is 1.97. The van der Waals surface area contributed by atoms with Gasteiger partial charge in [0.2, 0.25) is 0 Å². The summed E-state index contributed by atoms with van der Waals surface area (Å²) in [6.07, 6.45) is 0.620. The molecule has 7 heteroatoms. The van der Waals surface area contributed by atoms with Gasteiger partial charge in [0.15, 0.2) is 9.84 Å². The fourth-order valence-corrected chi connectivity index (χ4v) is 5.12. The lowest BCUT2D eigenvalue weighted by molar-refractivity contribution is 0.0944. The van der Waals surface area contributed by atoms with E-state index in [2.05, 4.69) is 10.3 Å². The van der Waals surface area contributed by atoms with Crippen molar-refractivity contribution in [3.63, 3.8) is 0 Å². The summed E-state index contributed by atoms with van der Waals surface area (Å²) in [5.41, 5.74) is 1.36. The molecule has 0 aliphatic carbocycles. The molecule has 1 aromatic carbocycles. The number of benzene rings is 1. The van der Waals surface area contributed by atoms with Gasteiger partial charge in [0, 0.05) is 17.5 Å². The van der Waals surface area contributed by atoms with Crippen LogP contribution < -0.4 is 5.32 Å². The Morgan fingerprint density at radius 3 is 2.77 bits per heavy atom. The maximum Gasteiger partial charge on any atom is 0.270 e. The van der Waals surface area contributed by atoms with Gasteiger partial charge in [-0.1, -0.05) is 30.3 Å². The van der Waals surface area contributed by atoms with Gasteiger partial charge in [-0.2, -0.15) is 0 Å². The monoisotopic (exact) mass is 336 g/mol. The van der Waals surface area contributed by atoms with E-state index in [0.29, 0.717) is 18.7 Å². The van der Waals surface area contributed by atoms with Crippen LogP contribution in [0, 0.1) is 5.92 Å². The maximum atomic E-state index is 12.1. The van der Waals surface area contributed by atoms with Crippen LogP contribution in [0.5, 0.6) is 0 Å². The second kappa shape index (κ2) is 6.18. The molecule has 116 valence electrons. The first-order valence-corrected chi connectivity index (χ1v) is 9.73. The number of amides is 1. The topological polar surface area (TPSA) is 76.1 Å². The number of hydrogen-bond donors (Lipinski definition) is 1. The van der Waals surface area contributed by atoms with E-state index >= 15 is 0 Å². The smallest absolute Gasteiger partial charge is 0.270 e. The van der Waals surface area contributed by atoms with Gasteiger partial charge in [-0.15, -0.1) is 11.3 Å². The molecule has 1 aliphatic heterocycles. The summed E-state index contributed by atoms with van der Waals surface area (Å²) in [6, 6.07) is 9.68. The van der Waals surface area contributed by atoms with Crippen molar-refractivity contribution < 1.29 is 13.2 Å². The Morgan fingerprint density at radius 1 is 1.32 bits per heavy atom. The summed E-state index contributed by atoms with van der Waals surface area (Å²) in [7, 11) is -2.90. The lowest BCUT2D eigenvalue weighted by Gasteiger charge is -2.08. The van der Waals surface area contributed by atoms with Crippen LogP contribution in [0.3, 0.4) is 0 Å². The zero-order valence-electron chi connectivity index (χ0n) is 11.9. The molecule has 1 N–H and O–H groups in total. The second-order valence-corrected chi connectivity index (χ2v) is 8.47. The lowest BCUT2D eigenvalue weighted by Crippen LogP contribution is -2.30. The quantitative estimate of drug-likeness (QED) is 0.926. The molecule has 2 heterocycles. The lowest BCUT2D eigenvalue weighted by atomic mass is 10.1. The van der Waals surface area contributed by atoms with Crippen molar-refractivity contribution in [2.75, 3.05) is 18.1 Å². The highest BCUT2D eigenvalue weighted by Crippen LogP contribution is 2.23. The molecule has 1 amide bonds. The van der Waals surface area contributed by atoms with E-state index in [1.54, 1.807) is 5.38 Å². The molecule has 0 spiro atoms. The Morgan fingerprint density at radius 2 is 2.09 bits per heavy atom. The number of hydrogen-bond acceptors (Lipinski definition) is 5. The number of carbonyl (C=O) groups excluding carboxylic acids is 1. The molecule has 2 aromatic rings. The third kappa shape index (κ3) is 3.53. The molecule has 0 saturated carbocycles. The Balaban J connectivity index is 1.60. The van der Waals surface area contributed by atoms with Crippen LogP contribution in [0.25, 0.3) is 10.6 Å². The number of rotatable bonds is 4. The van der Waals surface area contributed by atoms with E-state index in [4.69, 9.17) is 0 Å². The average Bonchev–Trinajstić information content (AvgIpc) is 3.12. The fourth-order valence-electron chi connectivity index (χ4n) is 2.45. The number of sulfone groups is 1. The minimum absolute atomic E-state index is 0.0150. The van der Waals surface area contributed by atoms with Crippen molar-refractivity contribution in [1.29, 1.82) is 0 Å². The molecule has 3 rings (SSSR count). The van der Waals surface area contributed by atoms with Crippen molar-refractivity contribution in [1.82, 2.24) is 10.3 Å². The van der Waals surface area contributed by atoms with Crippen molar-refractivity contribution in [3.05, 3.63) is 41.4 Å². The van der Waals surface area contributed by atoms with E-state index in [-0.39, 0.29) is 23.3 Å². The van der Waals surface area contributed by atoms with E-state index < -0.39 is 9.84 Å². The van der Waals surface area contributed by atoms with E-state index in [1.165, 1.54) is 11.3 Å². The van der Waals surface area contributed by atoms with Crippen LogP contribution >= 0.6 is 11.3 Å². The van der Waals surface area contributed by atoms with Gasteiger partial charge in [0.05, 0.1) is 11.5 Å². The van der Waals surface area contributed by atoms with Crippen LogP contribution in [0.4, 0.5) is 0 Å². The summed E-state index contributed by atoms with van der Waals surface area (Å²) < 4.78 is 22.8. The number of nitrogens with one attached hydrogen (secondary N) is 1. The molecule has 1 aliphatic rings. The number of nitrogens with zero attached hydrogens (tertiary/aromatic N) is 1. The molecule has 1 aromatic heterocycles. The Kier molecular flexibility index (Phi) is 4.26. The van der Waals surface area contributed by atoms with E-state index in [1.807, 2.05) is 30.3 Å². The molecule has 1 fully saturated rings. The minimum Gasteiger partial charge on any atom is -0.350 e.